The summed E-state index contributed by atoms with van der Waals surface area (Å²) in [6.45, 7) is 1.51. The molecule has 0 aromatic carbocycles. The standard InChI is InChI=1S/C7H8BrClF2O/c1-2-3-4-5-12-7(10,11)6(8)9/h6H,2,5H2,1H3. The van der Waals surface area contributed by atoms with Crippen LogP contribution in [0.1, 0.15) is 13.3 Å². The van der Waals surface area contributed by atoms with Crippen molar-refractivity contribution in [1.82, 2.24) is 0 Å². The monoisotopic (exact) mass is 260 g/mol. The lowest BCUT2D eigenvalue weighted by Crippen LogP contribution is -2.28. The second-order valence-electron chi connectivity index (χ2n) is 1.86. The van der Waals surface area contributed by atoms with E-state index in [9.17, 15) is 8.78 Å². The summed E-state index contributed by atoms with van der Waals surface area (Å²) in [4.78, 5) is 0. The lowest BCUT2D eigenvalue weighted by molar-refractivity contribution is -0.217. The zero-order chi connectivity index (χ0) is 9.61. The molecule has 0 rings (SSSR count). The summed E-state index contributed by atoms with van der Waals surface area (Å²) in [6.07, 6.45) is -2.75. The average molecular weight is 261 g/mol. The summed E-state index contributed by atoms with van der Waals surface area (Å²) < 4.78 is 27.6. The molecule has 0 bridgehead atoms. The van der Waals surface area contributed by atoms with E-state index >= 15 is 0 Å². The smallest absolute Gasteiger partial charge is 0.306 e. The Hall–Kier alpha value is 0.150. The molecule has 0 amide bonds. The van der Waals surface area contributed by atoms with E-state index in [0.717, 1.165) is 0 Å². The first-order valence-electron chi connectivity index (χ1n) is 3.26. The number of hydrogen-bond donors (Lipinski definition) is 0. The fourth-order valence-corrected chi connectivity index (χ4v) is 0.566. The first-order chi connectivity index (χ1) is 5.50. The van der Waals surface area contributed by atoms with Crippen LogP contribution in [0.3, 0.4) is 0 Å². The highest BCUT2D eigenvalue weighted by Crippen LogP contribution is 2.28. The molecule has 1 unspecified atom stereocenters. The van der Waals surface area contributed by atoms with Crippen molar-refractivity contribution in [2.75, 3.05) is 6.61 Å². The SMILES string of the molecule is CCC#CCOC(F)(F)C(Cl)Br. The van der Waals surface area contributed by atoms with Gasteiger partial charge in [-0.25, -0.2) is 0 Å². The highest BCUT2D eigenvalue weighted by Gasteiger charge is 2.37. The van der Waals surface area contributed by atoms with Crippen molar-refractivity contribution in [3.8, 4) is 11.8 Å². The fourth-order valence-electron chi connectivity index (χ4n) is 0.371. The molecule has 0 saturated heterocycles. The minimum absolute atomic E-state index is 0.310. The van der Waals surface area contributed by atoms with Crippen molar-refractivity contribution in [3.05, 3.63) is 0 Å². The van der Waals surface area contributed by atoms with E-state index in [-0.39, 0.29) is 6.61 Å². The van der Waals surface area contributed by atoms with Crippen molar-refractivity contribution >= 4 is 27.5 Å². The molecule has 0 N–H and O–H groups in total. The molecule has 5 heteroatoms. The van der Waals surface area contributed by atoms with E-state index in [0.29, 0.717) is 6.42 Å². The summed E-state index contributed by atoms with van der Waals surface area (Å²) >= 11 is 7.58. The maximum Gasteiger partial charge on any atom is 0.382 e. The molecular weight excluding hydrogens is 253 g/mol. The van der Waals surface area contributed by atoms with Crippen molar-refractivity contribution in [2.45, 2.75) is 23.7 Å². The Morgan fingerprint density at radius 3 is 2.58 bits per heavy atom. The van der Waals surface area contributed by atoms with Crippen molar-refractivity contribution < 1.29 is 13.5 Å². The summed E-state index contributed by atoms with van der Waals surface area (Å²) in [6, 6.07) is 0. The van der Waals surface area contributed by atoms with Crippen molar-refractivity contribution in [1.29, 1.82) is 0 Å². The Kier molecular flexibility index (Phi) is 5.81. The Bertz CT molecular complexity index is 186. The van der Waals surface area contributed by atoms with Crippen LogP contribution < -0.4 is 0 Å². The van der Waals surface area contributed by atoms with Gasteiger partial charge in [-0.05, 0) is 0 Å². The molecule has 1 nitrogen and oxygen atoms in total. The van der Waals surface area contributed by atoms with Gasteiger partial charge in [0.2, 0.25) is 0 Å². The molecule has 0 aromatic rings. The van der Waals surface area contributed by atoms with Gasteiger partial charge in [-0.3, -0.25) is 0 Å². The predicted molar refractivity (Wildman–Crippen MR) is 47.5 cm³/mol. The average Bonchev–Trinajstić information content (AvgIpc) is 1.98. The van der Waals surface area contributed by atoms with Crippen LogP contribution >= 0.6 is 27.5 Å². The molecule has 0 fully saturated rings. The highest BCUT2D eigenvalue weighted by molar-refractivity contribution is 9.10. The number of alkyl halides is 4. The minimum Gasteiger partial charge on any atom is -0.306 e. The maximum atomic E-state index is 12.5. The normalized spacial score (nSPS) is 13.4. The predicted octanol–water partition coefficient (Wildman–Crippen LogP) is 2.97. The second kappa shape index (κ2) is 5.74. The van der Waals surface area contributed by atoms with Crippen LogP contribution in [-0.4, -0.2) is 17.0 Å². The number of hydrogen-bond acceptors (Lipinski definition) is 1. The topological polar surface area (TPSA) is 9.23 Å². The van der Waals surface area contributed by atoms with Gasteiger partial charge >= 0.3 is 6.11 Å². The van der Waals surface area contributed by atoms with Gasteiger partial charge in [0.05, 0.1) is 0 Å². The molecule has 0 spiro atoms. The molecule has 70 valence electrons. The zero-order valence-corrected chi connectivity index (χ0v) is 8.75. The summed E-state index contributed by atoms with van der Waals surface area (Å²) in [5.74, 6) is 5.01. The van der Waals surface area contributed by atoms with Crippen molar-refractivity contribution in [3.63, 3.8) is 0 Å². The van der Waals surface area contributed by atoms with Gasteiger partial charge in [0.15, 0.2) is 4.29 Å². The number of rotatable bonds is 3. The Morgan fingerprint density at radius 1 is 1.58 bits per heavy atom. The Morgan fingerprint density at radius 2 is 2.17 bits per heavy atom. The summed E-state index contributed by atoms with van der Waals surface area (Å²) in [5.41, 5.74) is 0. The third kappa shape index (κ3) is 4.91. The van der Waals surface area contributed by atoms with Gasteiger partial charge in [0, 0.05) is 6.42 Å². The molecule has 0 heterocycles. The zero-order valence-electron chi connectivity index (χ0n) is 6.41. The first kappa shape index (κ1) is 12.2. The van der Waals surface area contributed by atoms with E-state index < -0.39 is 10.4 Å². The molecule has 0 aliphatic heterocycles. The molecular formula is C7H8BrClF2O. The van der Waals surface area contributed by atoms with Crippen LogP contribution in [0, 0.1) is 11.8 Å². The van der Waals surface area contributed by atoms with Crippen LogP contribution in [0.5, 0.6) is 0 Å². The third-order valence-corrected chi connectivity index (χ3v) is 1.68. The van der Waals surface area contributed by atoms with Crippen molar-refractivity contribution in [2.24, 2.45) is 0 Å². The number of halogens is 4. The highest BCUT2D eigenvalue weighted by atomic mass is 79.9. The van der Waals surface area contributed by atoms with Crippen LogP contribution in [0.25, 0.3) is 0 Å². The van der Waals surface area contributed by atoms with Gasteiger partial charge in [0.25, 0.3) is 0 Å². The largest absolute Gasteiger partial charge is 0.382 e. The lowest BCUT2D eigenvalue weighted by Gasteiger charge is -2.15. The van der Waals surface area contributed by atoms with Gasteiger partial charge in [0.1, 0.15) is 6.61 Å². The molecule has 0 aliphatic carbocycles. The van der Waals surface area contributed by atoms with E-state index in [1.807, 2.05) is 6.92 Å². The summed E-state index contributed by atoms with van der Waals surface area (Å²) in [7, 11) is 0. The third-order valence-electron chi connectivity index (χ3n) is 0.893. The van der Waals surface area contributed by atoms with E-state index in [2.05, 4.69) is 32.5 Å². The van der Waals surface area contributed by atoms with Gasteiger partial charge in [-0.15, -0.1) is 17.5 Å². The molecule has 0 aliphatic rings. The Labute approximate surface area is 83.5 Å². The molecule has 1 atom stereocenters. The first-order valence-corrected chi connectivity index (χ1v) is 4.61. The molecule has 0 saturated carbocycles. The molecule has 0 radical (unpaired) electrons. The molecule has 0 aromatic heterocycles. The van der Waals surface area contributed by atoms with E-state index in [1.165, 1.54) is 0 Å². The fraction of sp³-hybridized carbons (Fsp3) is 0.714. The second-order valence-corrected chi connectivity index (χ2v) is 3.74. The minimum atomic E-state index is -3.37. The maximum absolute atomic E-state index is 12.5. The van der Waals surface area contributed by atoms with Crippen LogP contribution in [0.2, 0.25) is 0 Å². The van der Waals surface area contributed by atoms with Gasteiger partial charge in [-0.2, -0.15) is 8.78 Å². The van der Waals surface area contributed by atoms with E-state index in [1.54, 1.807) is 0 Å². The Balaban J connectivity index is 3.76. The van der Waals surface area contributed by atoms with E-state index in [4.69, 9.17) is 11.6 Å². The summed E-state index contributed by atoms with van der Waals surface area (Å²) in [5, 5.41) is 0. The number of ether oxygens (including phenoxy) is 1. The quantitative estimate of drug-likeness (QED) is 0.561. The van der Waals surface area contributed by atoms with Crippen LogP contribution in [-0.2, 0) is 4.74 Å². The lowest BCUT2D eigenvalue weighted by atomic mass is 10.5. The molecule has 12 heavy (non-hydrogen) atoms. The van der Waals surface area contributed by atoms with Gasteiger partial charge in [-0.1, -0.05) is 28.8 Å². The van der Waals surface area contributed by atoms with Gasteiger partial charge < -0.3 is 4.74 Å². The van der Waals surface area contributed by atoms with Crippen LogP contribution in [0.15, 0.2) is 0 Å². The van der Waals surface area contributed by atoms with Crippen LogP contribution in [0.4, 0.5) is 8.78 Å².